The third kappa shape index (κ3) is 2.64. The van der Waals surface area contributed by atoms with Gasteiger partial charge < -0.3 is 11.6 Å². The maximum Gasteiger partial charge on any atom is 0.150 e. The van der Waals surface area contributed by atoms with Crippen molar-refractivity contribution in [3.05, 3.63) is 34.3 Å². The van der Waals surface area contributed by atoms with E-state index in [9.17, 15) is 4.39 Å². The molecule has 3 rings (SSSR count). The SMILES string of the molecule is Nc1c(-c2cc(F)ccc2Br)nc(C2CCCCC2)n1N. The molecule has 1 saturated carbocycles. The predicted octanol–water partition coefficient (Wildman–Crippen LogP) is 3.80. The maximum atomic E-state index is 13.5. The number of nitrogens with two attached hydrogens (primary N) is 2. The van der Waals surface area contributed by atoms with Gasteiger partial charge in [0.15, 0.2) is 5.82 Å². The summed E-state index contributed by atoms with van der Waals surface area (Å²) in [6, 6.07) is 4.47. The van der Waals surface area contributed by atoms with Crippen LogP contribution in [0.5, 0.6) is 0 Å². The predicted molar refractivity (Wildman–Crippen MR) is 85.7 cm³/mol. The first-order chi connectivity index (χ1) is 10.1. The second kappa shape index (κ2) is 5.67. The van der Waals surface area contributed by atoms with Crippen LogP contribution in [0.25, 0.3) is 11.3 Å². The van der Waals surface area contributed by atoms with E-state index in [-0.39, 0.29) is 5.82 Å². The fraction of sp³-hybridized carbons (Fsp3) is 0.400. The molecule has 4 nitrogen and oxygen atoms in total. The Morgan fingerprint density at radius 1 is 1.24 bits per heavy atom. The number of rotatable bonds is 2. The topological polar surface area (TPSA) is 69.9 Å². The second-order valence-corrected chi connectivity index (χ2v) is 6.39. The standard InChI is InChI=1S/C15H18BrFN4/c16-12-7-6-10(17)8-11(12)13-14(18)21(19)15(20-13)9-4-2-1-3-5-9/h6-9H,1-5,18-19H2. The minimum Gasteiger partial charge on any atom is -0.382 e. The molecule has 1 aromatic heterocycles. The van der Waals surface area contributed by atoms with Gasteiger partial charge in [-0.2, -0.15) is 0 Å². The lowest BCUT2D eigenvalue weighted by atomic mass is 9.89. The first-order valence-corrected chi connectivity index (χ1v) is 7.96. The van der Waals surface area contributed by atoms with Crippen LogP contribution in [0, 0.1) is 5.82 Å². The van der Waals surface area contributed by atoms with Crippen molar-refractivity contribution >= 4 is 21.7 Å². The molecule has 1 heterocycles. The summed E-state index contributed by atoms with van der Waals surface area (Å²) in [5, 5.41) is 0. The number of imidazole rings is 1. The summed E-state index contributed by atoms with van der Waals surface area (Å²) in [7, 11) is 0. The number of hydrogen-bond acceptors (Lipinski definition) is 3. The molecule has 1 aliphatic rings. The zero-order chi connectivity index (χ0) is 15.0. The third-order valence-corrected chi connectivity index (χ3v) is 4.82. The molecule has 0 spiro atoms. The number of anilines is 1. The normalized spacial score (nSPS) is 16.3. The van der Waals surface area contributed by atoms with E-state index >= 15 is 0 Å². The molecule has 1 aromatic carbocycles. The maximum absolute atomic E-state index is 13.5. The van der Waals surface area contributed by atoms with Crippen LogP contribution in [0.4, 0.5) is 10.2 Å². The summed E-state index contributed by atoms with van der Waals surface area (Å²) in [6.07, 6.45) is 5.81. The molecule has 1 aliphatic carbocycles. The molecule has 0 radical (unpaired) electrons. The Hall–Kier alpha value is -1.56. The molecule has 112 valence electrons. The van der Waals surface area contributed by atoms with Crippen molar-refractivity contribution in [1.82, 2.24) is 9.66 Å². The first-order valence-electron chi connectivity index (χ1n) is 7.16. The van der Waals surface area contributed by atoms with Gasteiger partial charge in [0.25, 0.3) is 0 Å². The Bertz CT molecular complexity index is 662. The zero-order valence-electron chi connectivity index (χ0n) is 11.6. The molecular formula is C15H18BrFN4. The van der Waals surface area contributed by atoms with Crippen molar-refractivity contribution in [2.75, 3.05) is 11.6 Å². The van der Waals surface area contributed by atoms with E-state index in [1.54, 1.807) is 6.07 Å². The van der Waals surface area contributed by atoms with Gasteiger partial charge in [-0.25, -0.2) is 14.1 Å². The van der Waals surface area contributed by atoms with Gasteiger partial charge in [0.2, 0.25) is 0 Å². The van der Waals surface area contributed by atoms with Crippen molar-refractivity contribution in [2.24, 2.45) is 0 Å². The van der Waals surface area contributed by atoms with Gasteiger partial charge in [0, 0.05) is 16.0 Å². The molecule has 0 aliphatic heterocycles. The van der Waals surface area contributed by atoms with Crippen LogP contribution in [0.1, 0.15) is 43.8 Å². The monoisotopic (exact) mass is 352 g/mol. The third-order valence-electron chi connectivity index (χ3n) is 4.13. The van der Waals surface area contributed by atoms with E-state index in [1.807, 2.05) is 0 Å². The second-order valence-electron chi connectivity index (χ2n) is 5.53. The molecule has 6 heteroatoms. The van der Waals surface area contributed by atoms with Crippen LogP contribution in [0.2, 0.25) is 0 Å². The summed E-state index contributed by atoms with van der Waals surface area (Å²) in [5.41, 5.74) is 7.27. The Labute approximate surface area is 131 Å². The fourth-order valence-electron chi connectivity index (χ4n) is 2.99. The van der Waals surface area contributed by atoms with Crippen molar-refractivity contribution in [3.8, 4) is 11.3 Å². The summed E-state index contributed by atoms with van der Waals surface area (Å²) >= 11 is 3.42. The highest BCUT2D eigenvalue weighted by Gasteiger charge is 2.24. The van der Waals surface area contributed by atoms with E-state index in [0.29, 0.717) is 23.0 Å². The highest BCUT2D eigenvalue weighted by molar-refractivity contribution is 9.10. The molecule has 0 saturated heterocycles. The first kappa shape index (κ1) is 14.4. The van der Waals surface area contributed by atoms with Gasteiger partial charge >= 0.3 is 0 Å². The van der Waals surface area contributed by atoms with Gasteiger partial charge in [-0.1, -0.05) is 35.2 Å². The van der Waals surface area contributed by atoms with Crippen molar-refractivity contribution in [1.29, 1.82) is 0 Å². The van der Waals surface area contributed by atoms with Gasteiger partial charge in [-0.15, -0.1) is 0 Å². The molecule has 0 atom stereocenters. The molecule has 0 bridgehead atoms. The van der Waals surface area contributed by atoms with Crippen LogP contribution < -0.4 is 11.6 Å². The molecule has 1 fully saturated rings. The smallest absolute Gasteiger partial charge is 0.150 e. The van der Waals surface area contributed by atoms with E-state index in [1.165, 1.54) is 36.1 Å². The summed E-state index contributed by atoms with van der Waals surface area (Å²) < 4.78 is 15.7. The lowest BCUT2D eigenvalue weighted by Crippen LogP contribution is -2.19. The van der Waals surface area contributed by atoms with E-state index in [0.717, 1.165) is 23.1 Å². The van der Waals surface area contributed by atoms with E-state index in [2.05, 4.69) is 20.9 Å². The number of benzene rings is 1. The molecule has 21 heavy (non-hydrogen) atoms. The van der Waals surface area contributed by atoms with Crippen LogP contribution in [0.3, 0.4) is 0 Å². The van der Waals surface area contributed by atoms with Gasteiger partial charge in [-0.05, 0) is 31.0 Å². The average molecular weight is 353 g/mol. The van der Waals surface area contributed by atoms with E-state index in [4.69, 9.17) is 11.6 Å². The highest BCUT2D eigenvalue weighted by atomic mass is 79.9. The summed E-state index contributed by atoms with van der Waals surface area (Å²) in [5.74, 6) is 7.28. The summed E-state index contributed by atoms with van der Waals surface area (Å²) in [6.45, 7) is 0. The minimum absolute atomic E-state index is 0.321. The van der Waals surface area contributed by atoms with Crippen molar-refractivity contribution < 1.29 is 4.39 Å². The van der Waals surface area contributed by atoms with Gasteiger partial charge in [-0.3, -0.25) is 0 Å². The van der Waals surface area contributed by atoms with Crippen molar-refractivity contribution in [2.45, 2.75) is 38.0 Å². The Balaban J connectivity index is 2.05. The number of nitrogen functional groups attached to an aromatic ring is 2. The number of nitrogens with zero attached hydrogens (tertiary/aromatic N) is 2. The van der Waals surface area contributed by atoms with Crippen LogP contribution in [-0.2, 0) is 0 Å². The minimum atomic E-state index is -0.321. The van der Waals surface area contributed by atoms with Crippen LogP contribution in [-0.4, -0.2) is 9.66 Å². The van der Waals surface area contributed by atoms with E-state index < -0.39 is 0 Å². The molecule has 4 N–H and O–H groups in total. The number of halogens is 2. The molecule has 2 aromatic rings. The molecule has 0 unspecified atom stereocenters. The van der Waals surface area contributed by atoms with Gasteiger partial charge in [0.05, 0.1) is 0 Å². The lowest BCUT2D eigenvalue weighted by molar-refractivity contribution is 0.424. The zero-order valence-corrected chi connectivity index (χ0v) is 13.2. The Morgan fingerprint density at radius 2 is 1.95 bits per heavy atom. The number of aromatic nitrogens is 2. The largest absolute Gasteiger partial charge is 0.382 e. The highest BCUT2D eigenvalue weighted by Crippen LogP contribution is 2.37. The fourth-order valence-corrected chi connectivity index (χ4v) is 3.42. The Morgan fingerprint density at radius 3 is 2.67 bits per heavy atom. The van der Waals surface area contributed by atoms with Crippen molar-refractivity contribution in [3.63, 3.8) is 0 Å². The number of hydrogen-bond donors (Lipinski definition) is 2. The Kier molecular flexibility index (Phi) is 3.89. The average Bonchev–Trinajstić information content (AvgIpc) is 2.79. The lowest BCUT2D eigenvalue weighted by Gasteiger charge is -2.20. The quantitative estimate of drug-likeness (QED) is 0.807. The molecular weight excluding hydrogens is 335 g/mol. The summed E-state index contributed by atoms with van der Waals surface area (Å²) in [4.78, 5) is 4.62. The molecule has 0 amide bonds. The van der Waals surface area contributed by atoms with Crippen LogP contribution >= 0.6 is 15.9 Å². The van der Waals surface area contributed by atoms with Crippen LogP contribution in [0.15, 0.2) is 22.7 Å². The van der Waals surface area contributed by atoms with Gasteiger partial charge in [0.1, 0.15) is 17.3 Å².